The van der Waals surface area contributed by atoms with Gasteiger partial charge in [-0.15, -0.1) is 11.3 Å². The normalized spacial score (nSPS) is 23.0. The summed E-state index contributed by atoms with van der Waals surface area (Å²) in [7, 11) is 0. The molecular weight excluding hydrogens is 336 g/mol. The summed E-state index contributed by atoms with van der Waals surface area (Å²) in [5, 5.41) is 3.72. The first-order chi connectivity index (χ1) is 12.1. The fourth-order valence-corrected chi connectivity index (χ4v) is 5.32. The van der Waals surface area contributed by atoms with E-state index in [1.54, 1.807) is 11.3 Å². The Bertz CT molecular complexity index is 641. The van der Waals surface area contributed by atoms with Crippen LogP contribution in [0.25, 0.3) is 0 Å². The number of ether oxygens (including phenoxy) is 1. The zero-order valence-electron chi connectivity index (χ0n) is 15.3. The minimum atomic E-state index is -0.295. The third-order valence-corrected chi connectivity index (χ3v) is 6.39. The maximum absolute atomic E-state index is 12.6. The summed E-state index contributed by atoms with van der Waals surface area (Å²) in [6.45, 7) is 7.02. The van der Waals surface area contributed by atoms with E-state index in [9.17, 15) is 9.59 Å². The first-order valence-electron chi connectivity index (χ1n) is 9.53. The number of likely N-dealkylation sites (tertiary alicyclic amines) is 1. The van der Waals surface area contributed by atoms with E-state index in [1.165, 1.54) is 22.6 Å². The van der Waals surface area contributed by atoms with Gasteiger partial charge in [0.1, 0.15) is 5.00 Å². The summed E-state index contributed by atoms with van der Waals surface area (Å²) in [4.78, 5) is 27.6. The Morgan fingerprint density at radius 2 is 2.08 bits per heavy atom. The lowest BCUT2D eigenvalue weighted by molar-refractivity contribution is -0.900. The molecule has 2 heterocycles. The highest BCUT2D eigenvalue weighted by Crippen LogP contribution is 2.38. The quantitative estimate of drug-likeness (QED) is 0.785. The Balaban J connectivity index is 1.73. The van der Waals surface area contributed by atoms with Gasteiger partial charge in [-0.3, -0.25) is 4.79 Å². The van der Waals surface area contributed by atoms with Crippen LogP contribution < -0.4 is 10.2 Å². The predicted molar refractivity (Wildman–Crippen MR) is 99.5 cm³/mol. The SMILES string of the molecule is CCOC(=O)c1c(NC(=O)C[NH+]2CCC[C@@H](C)C2)sc2c1CCCC2. The molecular formula is C19H29N2O3S+. The lowest BCUT2D eigenvalue weighted by Crippen LogP contribution is -3.14. The number of quaternary nitrogens is 1. The fraction of sp³-hybridized carbons (Fsp3) is 0.684. The van der Waals surface area contributed by atoms with Crippen molar-refractivity contribution in [3.05, 3.63) is 16.0 Å². The fourth-order valence-electron chi connectivity index (χ4n) is 4.03. The van der Waals surface area contributed by atoms with Crippen molar-refractivity contribution < 1.29 is 19.2 Å². The van der Waals surface area contributed by atoms with Crippen molar-refractivity contribution in [2.45, 2.75) is 52.4 Å². The van der Waals surface area contributed by atoms with E-state index in [2.05, 4.69) is 12.2 Å². The molecule has 0 aromatic carbocycles. The second-order valence-electron chi connectivity index (χ2n) is 7.31. The van der Waals surface area contributed by atoms with Crippen molar-refractivity contribution in [3.63, 3.8) is 0 Å². The van der Waals surface area contributed by atoms with Gasteiger partial charge in [0.2, 0.25) is 0 Å². The van der Waals surface area contributed by atoms with Crippen LogP contribution in [-0.2, 0) is 22.4 Å². The van der Waals surface area contributed by atoms with Crippen LogP contribution in [0.3, 0.4) is 0 Å². The number of esters is 1. The minimum Gasteiger partial charge on any atom is -0.462 e. The third-order valence-electron chi connectivity index (χ3n) is 5.18. The molecule has 0 spiro atoms. The Kier molecular flexibility index (Phi) is 6.12. The molecule has 1 aliphatic carbocycles. The maximum atomic E-state index is 12.6. The Morgan fingerprint density at radius 3 is 2.84 bits per heavy atom. The average molecular weight is 366 g/mol. The first kappa shape index (κ1) is 18.4. The van der Waals surface area contributed by atoms with E-state index in [-0.39, 0.29) is 11.9 Å². The monoisotopic (exact) mass is 365 g/mol. The zero-order valence-corrected chi connectivity index (χ0v) is 16.1. The van der Waals surface area contributed by atoms with Crippen LogP contribution >= 0.6 is 11.3 Å². The molecule has 1 aromatic heterocycles. The molecule has 1 aliphatic heterocycles. The van der Waals surface area contributed by atoms with Crippen LogP contribution in [0.4, 0.5) is 5.00 Å². The number of nitrogens with one attached hydrogen (secondary N) is 2. The highest BCUT2D eigenvalue weighted by Gasteiger charge is 2.28. The van der Waals surface area contributed by atoms with Crippen LogP contribution in [0.15, 0.2) is 0 Å². The average Bonchev–Trinajstić information content (AvgIpc) is 2.92. The van der Waals surface area contributed by atoms with Gasteiger partial charge >= 0.3 is 5.97 Å². The molecule has 1 saturated heterocycles. The molecule has 6 heteroatoms. The zero-order chi connectivity index (χ0) is 17.8. The van der Waals surface area contributed by atoms with Crippen LogP contribution in [0, 0.1) is 5.92 Å². The number of hydrogen-bond donors (Lipinski definition) is 2. The summed E-state index contributed by atoms with van der Waals surface area (Å²) in [5.74, 6) is 0.394. The van der Waals surface area contributed by atoms with Gasteiger partial charge in [-0.2, -0.15) is 0 Å². The van der Waals surface area contributed by atoms with Crippen LogP contribution in [0.5, 0.6) is 0 Å². The standard InChI is InChI=1S/C19H28N2O3S/c1-3-24-19(23)17-14-8-4-5-9-15(14)25-18(17)20-16(22)12-21-10-6-7-13(2)11-21/h13H,3-12H2,1-2H3,(H,20,22)/p+1/t13-/m1/s1. The summed E-state index contributed by atoms with van der Waals surface area (Å²) < 4.78 is 5.25. The van der Waals surface area contributed by atoms with E-state index in [4.69, 9.17) is 4.74 Å². The van der Waals surface area contributed by atoms with Gasteiger partial charge in [0.05, 0.1) is 25.3 Å². The van der Waals surface area contributed by atoms with E-state index in [1.807, 2.05) is 6.92 Å². The second-order valence-corrected chi connectivity index (χ2v) is 8.42. The molecule has 5 nitrogen and oxygen atoms in total. The van der Waals surface area contributed by atoms with Gasteiger partial charge in [0, 0.05) is 10.8 Å². The Labute approximate surface area is 153 Å². The van der Waals surface area contributed by atoms with Crippen LogP contribution in [0.2, 0.25) is 0 Å². The molecule has 1 aromatic rings. The molecule has 2 aliphatic rings. The lowest BCUT2D eigenvalue weighted by atomic mass is 9.95. The van der Waals surface area contributed by atoms with Gasteiger partial charge in [-0.1, -0.05) is 6.92 Å². The number of hydrogen-bond acceptors (Lipinski definition) is 4. The topological polar surface area (TPSA) is 59.8 Å². The van der Waals surface area contributed by atoms with Crippen molar-refractivity contribution in [2.24, 2.45) is 5.92 Å². The third kappa shape index (κ3) is 4.42. The number of piperidine rings is 1. The van der Waals surface area contributed by atoms with Gasteiger partial charge < -0.3 is 15.0 Å². The van der Waals surface area contributed by atoms with Crippen molar-refractivity contribution >= 4 is 28.2 Å². The molecule has 138 valence electrons. The van der Waals surface area contributed by atoms with E-state index >= 15 is 0 Å². The van der Waals surface area contributed by atoms with Crippen molar-refractivity contribution in [1.29, 1.82) is 0 Å². The van der Waals surface area contributed by atoms with Crippen LogP contribution in [0.1, 0.15) is 60.3 Å². The summed E-state index contributed by atoms with van der Waals surface area (Å²) >= 11 is 1.57. The number of aryl methyl sites for hydroxylation is 1. The molecule has 25 heavy (non-hydrogen) atoms. The van der Waals surface area contributed by atoms with Gasteiger partial charge in [-0.05, 0) is 51.0 Å². The largest absolute Gasteiger partial charge is 0.462 e. The molecule has 2 N–H and O–H groups in total. The number of anilines is 1. The molecule has 0 radical (unpaired) electrons. The number of amides is 1. The molecule has 1 amide bonds. The van der Waals surface area contributed by atoms with Crippen LogP contribution in [-0.4, -0.2) is 38.1 Å². The molecule has 1 unspecified atom stereocenters. The summed E-state index contributed by atoms with van der Waals surface area (Å²) in [6.07, 6.45) is 6.60. The van der Waals surface area contributed by atoms with Gasteiger partial charge in [-0.25, -0.2) is 4.79 Å². The highest BCUT2D eigenvalue weighted by molar-refractivity contribution is 7.17. The summed E-state index contributed by atoms with van der Waals surface area (Å²) in [6, 6.07) is 0. The summed E-state index contributed by atoms with van der Waals surface area (Å²) in [5.41, 5.74) is 1.71. The highest BCUT2D eigenvalue weighted by atomic mass is 32.1. The Hall–Kier alpha value is -1.40. The van der Waals surface area contributed by atoms with Gasteiger partial charge in [0.15, 0.2) is 6.54 Å². The van der Waals surface area contributed by atoms with E-state index in [0.29, 0.717) is 29.6 Å². The number of fused-ring (bicyclic) bond motifs is 1. The Morgan fingerprint density at radius 1 is 1.28 bits per heavy atom. The van der Waals surface area contributed by atoms with Crippen molar-refractivity contribution in [1.82, 2.24) is 0 Å². The molecule has 3 rings (SSSR count). The second kappa shape index (κ2) is 8.32. The predicted octanol–water partition coefficient (Wildman–Crippen LogP) is 2.06. The number of carbonyl (C=O) groups excluding carboxylic acids is 2. The van der Waals surface area contributed by atoms with Crippen molar-refractivity contribution in [3.8, 4) is 0 Å². The number of carbonyl (C=O) groups is 2. The lowest BCUT2D eigenvalue weighted by Gasteiger charge is -2.27. The molecule has 0 bridgehead atoms. The number of thiophene rings is 1. The molecule has 0 saturated carbocycles. The molecule has 1 fully saturated rings. The maximum Gasteiger partial charge on any atom is 0.341 e. The molecule has 2 atom stereocenters. The smallest absolute Gasteiger partial charge is 0.341 e. The first-order valence-corrected chi connectivity index (χ1v) is 10.3. The minimum absolute atomic E-state index is 0.00763. The number of rotatable bonds is 5. The van der Waals surface area contributed by atoms with E-state index < -0.39 is 0 Å². The van der Waals surface area contributed by atoms with Crippen molar-refractivity contribution in [2.75, 3.05) is 31.6 Å². The van der Waals surface area contributed by atoms with E-state index in [0.717, 1.165) is 44.3 Å². The van der Waals surface area contributed by atoms with Gasteiger partial charge in [0.25, 0.3) is 5.91 Å².